The molecule has 0 radical (unpaired) electrons. The molecule has 1 aliphatic carbocycles. The van der Waals surface area contributed by atoms with Gasteiger partial charge in [0.15, 0.2) is 0 Å². The lowest BCUT2D eigenvalue weighted by atomic mass is 9.76. The van der Waals surface area contributed by atoms with Crippen LogP contribution in [0.4, 0.5) is 0 Å². The van der Waals surface area contributed by atoms with Crippen LogP contribution in [0.15, 0.2) is 72.8 Å². The molecule has 2 aromatic carbocycles. The monoisotopic (exact) mass is 787 g/mol. The van der Waals surface area contributed by atoms with E-state index in [1.54, 1.807) is 13.8 Å². The molecule has 5 heterocycles. The Labute approximate surface area is 343 Å². The molecule has 10 nitrogen and oxygen atoms in total. The molecule has 1 saturated carbocycles. The van der Waals surface area contributed by atoms with Gasteiger partial charge in [-0.05, 0) is 138 Å². The van der Waals surface area contributed by atoms with Crippen LogP contribution in [0.3, 0.4) is 0 Å². The van der Waals surface area contributed by atoms with Gasteiger partial charge >= 0.3 is 11.9 Å². The fourth-order valence-electron chi connectivity index (χ4n) is 9.48. The topological polar surface area (TPSA) is 117 Å². The number of benzene rings is 2. The number of ether oxygens (including phenoxy) is 2. The summed E-state index contributed by atoms with van der Waals surface area (Å²) in [4.78, 5) is 51.9. The van der Waals surface area contributed by atoms with Crippen molar-refractivity contribution in [3.05, 3.63) is 101 Å². The smallest absolute Gasteiger partial charge is 0.335 e. The number of pyridine rings is 1. The number of carbonyl (C=O) groups excluding carboxylic acids is 3. The zero-order chi connectivity index (χ0) is 41.4. The summed E-state index contributed by atoms with van der Waals surface area (Å²) in [5, 5.41) is 4.79. The largest absolute Gasteiger partial charge is 0.462 e. The van der Waals surface area contributed by atoms with Crippen molar-refractivity contribution in [2.75, 3.05) is 32.8 Å². The summed E-state index contributed by atoms with van der Waals surface area (Å²) < 4.78 is 11.0. The van der Waals surface area contributed by atoms with Crippen LogP contribution in [-0.2, 0) is 29.3 Å². The highest BCUT2D eigenvalue weighted by Gasteiger charge is 2.42. The van der Waals surface area contributed by atoms with Crippen LogP contribution in [0.5, 0.6) is 0 Å². The molecule has 0 spiro atoms. The molecule has 58 heavy (non-hydrogen) atoms. The quantitative estimate of drug-likeness (QED) is 0.103. The highest BCUT2D eigenvalue weighted by atomic mass is 16.6. The Bertz CT molecular complexity index is 2160. The first-order valence-corrected chi connectivity index (χ1v) is 21.1. The zero-order valence-electron chi connectivity index (χ0n) is 35.6. The maximum absolute atomic E-state index is 14.4. The van der Waals surface area contributed by atoms with E-state index in [9.17, 15) is 14.4 Å². The summed E-state index contributed by atoms with van der Waals surface area (Å²) in [5.74, 6) is 0.854. The van der Waals surface area contributed by atoms with Crippen LogP contribution in [0.25, 0.3) is 22.2 Å². The van der Waals surface area contributed by atoms with Crippen molar-refractivity contribution in [1.82, 2.24) is 25.1 Å². The molecule has 2 aromatic heterocycles. The Morgan fingerprint density at radius 2 is 1.66 bits per heavy atom. The van der Waals surface area contributed by atoms with Crippen LogP contribution < -0.4 is 5.32 Å². The van der Waals surface area contributed by atoms with Crippen molar-refractivity contribution < 1.29 is 23.9 Å². The number of aromatic nitrogens is 2. The number of H-pyrrole nitrogens is 1. The average Bonchev–Trinajstić information content (AvgIpc) is 3.84. The van der Waals surface area contributed by atoms with Crippen molar-refractivity contribution in [3.63, 3.8) is 0 Å². The third-order valence-corrected chi connectivity index (χ3v) is 12.6. The minimum absolute atomic E-state index is 0.0186. The molecule has 3 saturated heterocycles. The SMILES string of the molecule is CC(=O)OCC(C)(C)OC(=O)/C=C(\NC[C@@H](C)c1c(-c2cc(C)cc(C)c2)[nH]c2ccc(C(C)(C)C(=O)N3CC4CCC3CC4)cc12)N1CCC(c2ccncc2)C1. The highest BCUT2D eigenvalue weighted by Crippen LogP contribution is 2.41. The van der Waals surface area contributed by atoms with E-state index in [1.165, 1.54) is 42.5 Å². The maximum atomic E-state index is 14.4. The molecular formula is C48H61N5O5. The number of esters is 2. The lowest BCUT2D eigenvalue weighted by Crippen LogP contribution is -2.55. The Balaban J connectivity index is 1.21. The number of likely N-dealkylation sites (tertiary alicyclic amines) is 1. The summed E-state index contributed by atoms with van der Waals surface area (Å²) >= 11 is 0. The second-order valence-corrected chi connectivity index (χ2v) is 18.3. The summed E-state index contributed by atoms with van der Waals surface area (Å²) in [5.41, 5.74) is 7.26. The lowest BCUT2D eigenvalue weighted by molar-refractivity contribution is -0.163. The number of nitrogens with one attached hydrogen (secondary N) is 2. The van der Waals surface area contributed by atoms with Crippen LogP contribution >= 0.6 is 0 Å². The van der Waals surface area contributed by atoms with Gasteiger partial charge in [-0.3, -0.25) is 14.6 Å². The van der Waals surface area contributed by atoms with Gasteiger partial charge in [-0.25, -0.2) is 4.79 Å². The zero-order valence-corrected chi connectivity index (χ0v) is 35.6. The number of carbonyl (C=O) groups is 3. The number of aromatic amines is 1. The number of amides is 1. The lowest BCUT2D eigenvalue weighted by Gasteiger charge is -2.47. The molecule has 2 atom stereocenters. The van der Waals surface area contributed by atoms with E-state index in [0.29, 0.717) is 24.3 Å². The molecule has 8 rings (SSSR count). The van der Waals surface area contributed by atoms with E-state index in [4.69, 9.17) is 9.47 Å². The molecule has 4 fully saturated rings. The normalized spacial score (nSPS) is 20.3. The number of piperidine rings is 2. The highest BCUT2D eigenvalue weighted by molar-refractivity contribution is 5.95. The molecule has 308 valence electrons. The number of rotatable bonds is 13. The Kier molecular flexibility index (Phi) is 11.8. The average molecular weight is 788 g/mol. The third-order valence-electron chi connectivity index (χ3n) is 12.6. The standard InChI is InChI=1S/C48H61N5O5/c1-30-21-31(2)23-37(22-30)45-44(40-24-38(11-14-41(40)51-45)48(7,8)46(56)53-27-34-9-12-39(53)13-10-34)32(3)26-50-42(25-43(55)58-47(5,6)29-57-33(4)54)52-20-17-36(28-52)35-15-18-49-19-16-35/h11,14-16,18-19,21-25,32,34,36,39,50-51H,9-10,12-13,17,20,26-29H2,1-8H3/b42-25+/t32-,34?,36?,39?/m1/s1. The van der Waals surface area contributed by atoms with E-state index < -0.39 is 23.0 Å². The number of fused-ring (bicyclic) bond motifs is 4. The van der Waals surface area contributed by atoms with Crippen LogP contribution in [0, 0.1) is 19.8 Å². The van der Waals surface area contributed by atoms with Gasteiger partial charge in [-0.1, -0.05) is 30.2 Å². The van der Waals surface area contributed by atoms with Gasteiger partial charge in [0.25, 0.3) is 0 Å². The van der Waals surface area contributed by atoms with Gasteiger partial charge in [0, 0.05) is 74.3 Å². The fourth-order valence-corrected chi connectivity index (χ4v) is 9.48. The Hall–Kier alpha value is -5.12. The number of aryl methyl sites for hydroxylation is 2. The first-order valence-electron chi connectivity index (χ1n) is 21.1. The van der Waals surface area contributed by atoms with Crippen LogP contribution in [-0.4, -0.2) is 82.0 Å². The van der Waals surface area contributed by atoms with Crippen molar-refractivity contribution >= 4 is 28.7 Å². The van der Waals surface area contributed by atoms with Crippen molar-refractivity contribution in [2.45, 2.75) is 116 Å². The summed E-state index contributed by atoms with van der Waals surface area (Å²) in [7, 11) is 0. The van der Waals surface area contributed by atoms with Crippen molar-refractivity contribution in [2.24, 2.45) is 5.92 Å². The van der Waals surface area contributed by atoms with Gasteiger partial charge in [-0.2, -0.15) is 0 Å². The second kappa shape index (κ2) is 16.6. The summed E-state index contributed by atoms with van der Waals surface area (Å²) in [6.07, 6.45) is 10.8. The van der Waals surface area contributed by atoms with Gasteiger partial charge < -0.3 is 29.6 Å². The summed E-state index contributed by atoms with van der Waals surface area (Å²) in [6, 6.07) is 17.6. The molecule has 4 aromatic rings. The summed E-state index contributed by atoms with van der Waals surface area (Å²) in [6.45, 7) is 18.3. The number of nitrogens with zero attached hydrogens (tertiary/aromatic N) is 3. The minimum Gasteiger partial charge on any atom is -0.462 e. The van der Waals surface area contributed by atoms with Gasteiger partial charge in [0.05, 0.1) is 17.2 Å². The molecule has 4 aliphatic rings. The van der Waals surface area contributed by atoms with E-state index >= 15 is 0 Å². The van der Waals surface area contributed by atoms with Gasteiger partial charge in [0.2, 0.25) is 5.91 Å². The molecule has 1 unspecified atom stereocenters. The van der Waals surface area contributed by atoms with E-state index in [1.807, 2.05) is 12.4 Å². The van der Waals surface area contributed by atoms with E-state index in [0.717, 1.165) is 72.2 Å². The minimum atomic E-state index is -1.01. The third kappa shape index (κ3) is 8.96. The fraction of sp³-hybridized carbons (Fsp3) is 0.500. The molecule has 10 heteroatoms. The van der Waals surface area contributed by atoms with Gasteiger partial charge in [0.1, 0.15) is 18.0 Å². The van der Waals surface area contributed by atoms with E-state index in [-0.39, 0.29) is 24.3 Å². The second-order valence-electron chi connectivity index (χ2n) is 18.3. The predicted molar refractivity (Wildman–Crippen MR) is 228 cm³/mol. The van der Waals surface area contributed by atoms with Crippen LogP contribution in [0.2, 0.25) is 0 Å². The molecule has 2 N–H and O–H groups in total. The molecule has 2 bridgehead atoms. The van der Waals surface area contributed by atoms with Crippen LogP contribution in [0.1, 0.15) is 113 Å². The number of hydrogen-bond donors (Lipinski definition) is 2. The predicted octanol–water partition coefficient (Wildman–Crippen LogP) is 8.43. The first-order chi connectivity index (χ1) is 27.6. The van der Waals surface area contributed by atoms with Gasteiger partial charge in [-0.15, -0.1) is 0 Å². The molecular weight excluding hydrogens is 727 g/mol. The first kappa shape index (κ1) is 41.1. The Morgan fingerprint density at radius 3 is 2.31 bits per heavy atom. The van der Waals surface area contributed by atoms with E-state index in [2.05, 4.69) is 108 Å². The Morgan fingerprint density at radius 1 is 0.948 bits per heavy atom. The number of hydrogen-bond acceptors (Lipinski definition) is 8. The van der Waals surface area contributed by atoms with Crippen molar-refractivity contribution in [1.29, 1.82) is 0 Å². The maximum Gasteiger partial charge on any atom is 0.335 e. The molecule has 1 amide bonds. The van der Waals surface area contributed by atoms with Crippen molar-refractivity contribution in [3.8, 4) is 11.3 Å². The molecule has 3 aliphatic heterocycles.